The molecule has 4 heteroatoms. The fourth-order valence-corrected chi connectivity index (χ4v) is 3.63. The number of hydrogen-bond donors (Lipinski definition) is 2. The fourth-order valence-electron chi connectivity index (χ4n) is 3.63. The van der Waals surface area contributed by atoms with Gasteiger partial charge < -0.3 is 10.3 Å². The van der Waals surface area contributed by atoms with Gasteiger partial charge in [0.05, 0.1) is 6.04 Å². The summed E-state index contributed by atoms with van der Waals surface area (Å²) in [5, 5.41) is 3.10. The minimum Gasteiger partial charge on any atom is -0.362 e. The number of rotatable bonds is 3. The van der Waals surface area contributed by atoms with Crippen LogP contribution >= 0.6 is 0 Å². The van der Waals surface area contributed by atoms with E-state index in [2.05, 4.69) is 56.2 Å². The zero-order valence-corrected chi connectivity index (χ0v) is 16.5. The molecule has 26 heavy (non-hydrogen) atoms. The third-order valence-electron chi connectivity index (χ3n) is 5.34. The summed E-state index contributed by atoms with van der Waals surface area (Å²) < 4.78 is 0. The lowest BCUT2D eigenvalue weighted by Crippen LogP contribution is -2.34. The van der Waals surface area contributed by atoms with Crippen LogP contribution in [0, 0.1) is 6.92 Å². The molecule has 1 aliphatic carbocycles. The summed E-state index contributed by atoms with van der Waals surface area (Å²) in [5.74, 6) is -0.107. The Morgan fingerprint density at radius 1 is 1.23 bits per heavy atom. The van der Waals surface area contributed by atoms with Gasteiger partial charge in [0.1, 0.15) is 5.71 Å². The van der Waals surface area contributed by atoms with Gasteiger partial charge in [-0.05, 0) is 82.7 Å². The number of aromatic amines is 1. The maximum atomic E-state index is 13.0. The molecule has 0 fully saturated rings. The molecule has 0 saturated heterocycles. The Kier molecular flexibility index (Phi) is 5.30. The molecule has 1 aromatic rings. The number of aromatic nitrogens is 1. The first-order valence-electron chi connectivity index (χ1n) is 9.50. The number of hydrogen-bond acceptors (Lipinski definition) is 2. The molecule has 0 spiro atoms. The highest BCUT2D eigenvalue weighted by molar-refractivity contribution is 6.45. The number of aliphatic imine (C=N–C) groups is 1. The minimum absolute atomic E-state index is 0.107. The van der Waals surface area contributed by atoms with Gasteiger partial charge in [0, 0.05) is 17.1 Å². The van der Waals surface area contributed by atoms with E-state index >= 15 is 0 Å². The average molecular weight is 351 g/mol. The highest BCUT2D eigenvalue weighted by Crippen LogP contribution is 2.24. The number of H-pyrrole nitrogens is 1. The molecular weight excluding hydrogens is 322 g/mol. The summed E-state index contributed by atoms with van der Waals surface area (Å²) >= 11 is 0. The van der Waals surface area contributed by atoms with Crippen LogP contribution in [0.1, 0.15) is 63.9 Å². The Morgan fingerprint density at radius 2 is 2.00 bits per heavy atom. The Hall–Kier alpha value is -2.36. The molecule has 2 aliphatic rings. The van der Waals surface area contributed by atoms with Gasteiger partial charge in [-0.1, -0.05) is 18.1 Å². The zero-order chi connectivity index (χ0) is 18.8. The van der Waals surface area contributed by atoms with Crippen molar-refractivity contribution in [1.29, 1.82) is 0 Å². The number of amides is 1. The van der Waals surface area contributed by atoms with Crippen LogP contribution in [0.15, 0.2) is 39.6 Å². The molecule has 1 atom stereocenters. The van der Waals surface area contributed by atoms with Crippen molar-refractivity contribution in [2.75, 3.05) is 0 Å². The quantitative estimate of drug-likeness (QED) is 0.819. The van der Waals surface area contributed by atoms with Gasteiger partial charge in [0.25, 0.3) is 5.91 Å². The maximum absolute atomic E-state index is 13.0. The Balaban J connectivity index is 1.90. The minimum atomic E-state index is -0.107. The smallest absolute Gasteiger partial charge is 0.274 e. The van der Waals surface area contributed by atoms with E-state index in [-0.39, 0.29) is 11.9 Å². The molecule has 1 amide bonds. The predicted molar refractivity (Wildman–Crippen MR) is 108 cm³/mol. The predicted octanol–water partition coefficient (Wildman–Crippen LogP) is 4.63. The summed E-state index contributed by atoms with van der Waals surface area (Å²) in [6.45, 7) is 10.4. The standard InChI is InChI=1S/C22H29N3O/c1-6-18-10-14(3)16(5)21(24-18)22(26)25-19-9-13(2)7-8-20-17(12-19)11-15(4)23-20/h9,11-12,18,23H,6-8,10H2,1-5H3,(H,25,26)/b13-9?,19-12+. The molecule has 1 aliphatic heterocycles. The number of fused-ring (bicyclic) bond motifs is 1. The molecule has 0 aromatic carbocycles. The van der Waals surface area contributed by atoms with E-state index < -0.39 is 0 Å². The molecule has 3 rings (SSSR count). The van der Waals surface area contributed by atoms with Crippen LogP contribution in [-0.2, 0) is 11.2 Å². The SMILES string of the molecule is CCC1CC(C)=C(C)C(C(=O)N/C2=C/c3cc(C)[nH]c3CCC(C)=C2)=N1. The van der Waals surface area contributed by atoms with Crippen LogP contribution in [0.5, 0.6) is 0 Å². The number of nitrogens with zero attached hydrogens (tertiary/aromatic N) is 1. The molecule has 138 valence electrons. The lowest BCUT2D eigenvalue weighted by molar-refractivity contribution is -0.114. The van der Waals surface area contributed by atoms with Crippen molar-refractivity contribution in [1.82, 2.24) is 10.3 Å². The summed E-state index contributed by atoms with van der Waals surface area (Å²) in [6.07, 6.45) is 8.02. The van der Waals surface area contributed by atoms with Crippen molar-refractivity contribution < 1.29 is 4.79 Å². The summed E-state index contributed by atoms with van der Waals surface area (Å²) in [4.78, 5) is 21.1. The van der Waals surface area contributed by atoms with Crippen LogP contribution in [-0.4, -0.2) is 22.6 Å². The van der Waals surface area contributed by atoms with E-state index in [1.807, 2.05) is 6.92 Å². The average Bonchev–Trinajstić information content (AvgIpc) is 2.92. The number of carbonyl (C=O) groups excluding carboxylic acids is 1. The monoisotopic (exact) mass is 351 g/mol. The largest absolute Gasteiger partial charge is 0.362 e. The Morgan fingerprint density at radius 3 is 2.73 bits per heavy atom. The van der Waals surface area contributed by atoms with Crippen LogP contribution in [0.25, 0.3) is 6.08 Å². The molecule has 4 nitrogen and oxygen atoms in total. The second-order valence-electron chi connectivity index (χ2n) is 7.58. The highest BCUT2D eigenvalue weighted by Gasteiger charge is 2.23. The van der Waals surface area contributed by atoms with E-state index in [9.17, 15) is 4.79 Å². The molecular formula is C22H29N3O. The fraction of sp³-hybridized carbons (Fsp3) is 0.455. The van der Waals surface area contributed by atoms with Gasteiger partial charge in [0.2, 0.25) is 0 Å². The third-order valence-corrected chi connectivity index (χ3v) is 5.34. The lowest BCUT2D eigenvalue weighted by atomic mass is 9.94. The van der Waals surface area contributed by atoms with Crippen LogP contribution in [0.2, 0.25) is 0 Å². The number of carbonyl (C=O) groups is 1. The van der Waals surface area contributed by atoms with E-state index in [1.54, 1.807) is 0 Å². The van der Waals surface area contributed by atoms with Crippen molar-refractivity contribution >= 4 is 17.7 Å². The number of aryl methyl sites for hydroxylation is 2. The topological polar surface area (TPSA) is 57.2 Å². The first-order chi connectivity index (χ1) is 12.4. The van der Waals surface area contributed by atoms with Crippen molar-refractivity contribution in [2.24, 2.45) is 4.99 Å². The summed E-state index contributed by atoms with van der Waals surface area (Å²) in [7, 11) is 0. The van der Waals surface area contributed by atoms with Crippen molar-refractivity contribution in [3.63, 3.8) is 0 Å². The normalized spacial score (nSPS) is 22.5. The number of allylic oxidation sites excluding steroid dienone is 2. The second-order valence-corrected chi connectivity index (χ2v) is 7.58. The van der Waals surface area contributed by atoms with Gasteiger partial charge in [-0.25, -0.2) is 0 Å². The molecule has 0 bridgehead atoms. The van der Waals surface area contributed by atoms with E-state index in [1.165, 1.54) is 16.8 Å². The van der Waals surface area contributed by atoms with Crippen LogP contribution < -0.4 is 5.32 Å². The summed E-state index contributed by atoms with van der Waals surface area (Å²) in [6, 6.07) is 2.35. The first-order valence-corrected chi connectivity index (χ1v) is 9.50. The lowest BCUT2D eigenvalue weighted by Gasteiger charge is -2.22. The third kappa shape index (κ3) is 3.90. The van der Waals surface area contributed by atoms with Gasteiger partial charge in [-0.15, -0.1) is 0 Å². The van der Waals surface area contributed by atoms with Crippen molar-refractivity contribution in [2.45, 2.75) is 66.3 Å². The Labute approximate surface area is 156 Å². The van der Waals surface area contributed by atoms with E-state index in [0.29, 0.717) is 5.71 Å². The molecule has 1 aromatic heterocycles. The van der Waals surface area contributed by atoms with E-state index in [0.717, 1.165) is 48.2 Å². The van der Waals surface area contributed by atoms with Crippen molar-refractivity contribution in [3.05, 3.63) is 51.5 Å². The van der Waals surface area contributed by atoms with Gasteiger partial charge in [-0.2, -0.15) is 0 Å². The number of dihydropyridines is 1. The number of nitrogens with one attached hydrogen (secondary N) is 2. The highest BCUT2D eigenvalue weighted by atomic mass is 16.1. The van der Waals surface area contributed by atoms with Crippen molar-refractivity contribution in [3.8, 4) is 0 Å². The molecule has 0 saturated carbocycles. The van der Waals surface area contributed by atoms with Gasteiger partial charge in [0.15, 0.2) is 0 Å². The van der Waals surface area contributed by atoms with Gasteiger partial charge in [-0.3, -0.25) is 9.79 Å². The first kappa shape index (κ1) is 18.4. The van der Waals surface area contributed by atoms with E-state index in [4.69, 9.17) is 4.99 Å². The maximum Gasteiger partial charge on any atom is 0.274 e. The molecule has 2 N–H and O–H groups in total. The Bertz CT molecular complexity index is 849. The van der Waals surface area contributed by atoms with Gasteiger partial charge >= 0.3 is 0 Å². The second kappa shape index (κ2) is 7.48. The molecule has 0 radical (unpaired) electrons. The summed E-state index contributed by atoms with van der Waals surface area (Å²) in [5.41, 5.74) is 8.48. The van der Waals surface area contributed by atoms with Crippen LogP contribution in [0.4, 0.5) is 0 Å². The van der Waals surface area contributed by atoms with Crippen LogP contribution in [0.3, 0.4) is 0 Å². The zero-order valence-electron chi connectivity index (χ0n) is 16.5. The molecule has 2 heterocycles. The molecule has 1 unspecified atom stereocenters.